The molecule has 3 rings (SSSR count). The maximum atomic E-state index is 11.0. The predicted molar refractivity (Wildman–Crippen MR) is 90.3 cm³/mol. The van der Waals surface area contributed by atoms with Gasteiger partial charge in [-0.1, -0.05) is 46.3 Å². The first-order chi connectivity index (χ1) is 10.6. The highest BCUT2D eigenvalue weighted by Crippen LogP contribution is 2.29. The number of hydrogen-bond donors (Lipinski definition) is 0. The number of ether oxygens (including phenoxy) is 1. The van der Waals surface area contributed by atoms with Crippen LogP contribution in [0.15, 0.2) is 59.2 Å². The molecule has 0 spiro atoms. The second-order valence-electron chi connectivity index (χ2n) is 4.96. The second kappa shape index (κ2) is 6.28. The van der Waals surface area contributed by atoms with Crippen molar-refractivity contribution in [3.63, 3.8) is 0 Å². The molecule has 0 radical (unpaired) electrons. The summed E-state index contributed by atoms with van der Waals surface area (Å²) in [6, 6.07) is 16.0. The molecule has 0 amide bonds. The molecule has 0 aliphatic carbocycles. The van der Waals surface area contributed by atoms with E-state index in [9.17, 15) is 4.79 Å². The monoisotopic (exact) mass is 355 g/mol. The molecule has 0 aliphatic heterocycles. The van der Waals surface area contributed by atoms with Crippen LogP contribution < -0.4 is 0 Å². The van der Waals surface area contributed by atoms with Crippen LogP contribution in [0.3, 0.4) is 0 Å². The van der Waals surface area contributed by atoms with Gasteiger partial charge in [-0.2, -0.15) is 0 Å². The van der Waals surface area contributed by atoms with Crippen LogP contribution >= 0.6 is 15.9 Å². The van der Waals surface area contributed by atoms with E-state index < -0.39 is 0 Å². The van der Waals surface area contributed by atoms with Crippen molar-refractivity contribution in [1.29, 1.82) is 0 Å². The first-order valence-electron chi connectivity index (χ1n) is 6.91. The number of hydrogen-bond acceptors (Lipinski definition) is 3. The zero-order valence-corrected chi connectivity index (χ0v) is 13.6. The van der Waals surface area contributed by atoms with Gasteiger partial charge in [-0.15, -0.1) is 0 Å². The van der Waals surface area contributed by atoms with Crippen LogP contribution in [0.1, 0.15) is 12.5 Å². The van der Waals surface area contributed by atoms with Gasteiger partial charge in [-0.05, 0) is 29.1 Å². The largest absolute Gasteiger partial charge is 0.461 e. The van der Waals surface area contributed by atoms with E-state index in [1.165, 1.54) is 6.92 Å². The summed E-state index contributed by atoms with van der Waals surface area (Å²) in [5.41, 5.74) is 2.96. The molecule has 1 heterocycles. The van der Waals surface area contributed by atoms with Crippen molar-refractivity contribution < 1.29 is 9.53 Å². The lowest BCUT2D eigenvalue weighted by atomic mass is 10.0. The normalized spacial score (nSPS) is 10.6. The fraction of sp³-hybridized carbons (Fsp3) is 0.111. The number of aromatic nitrogens is 1. The van der Waals surface area contributed by atoms with Crippen LogP contribution in [-0.2, 0) is 16.1 Å². The van der Waals surface area contributed by atoms with Crippen molar-refractivity contribution in [2.75, 3.05) is 0 Å². The Morgan fingerprint density at radius 2 is 1.86 bits per heavy atom. The molecule has 3 nitrogen and oxygen atoms in total. The Balaban J connectivity index is 2.11. The van der Waals surface area contributed by atoms with Crippen LogP contribution in [0.4, 0.5) is 0 Å². The minimum atomic E-state index is -0.279. The summed E-state index contributed by atoms with van der Waals surface area (Å²) in [7, 11) is 0. The minimum absolute atomic E-state index is 0.274. The quantitative estimate of drug-likeness (QED) is 0.637. The fourth-order valence-corrected chi connectivity index (χ4v) is 2.68. The Labute approximate surface area is 137 Å². The Kier molecular flexibility index (Phi) is 4.20. The van der Waals surface area contributed by atoms with Crippen LogP contribution in [0.5, 0.6) is 0 Å². The van der Waals surface area contributed by atoms with Crippen molar-refractivity contribution >= 4 is 32.7 Å². The van der Waals surface area contributed by atoms with E-state index in [1.54, 1.807) is 6.20 Å². The number of carbonyl (C=O) groups excluding carboxylic acids is 1. The third-order valence-electron chi connectivity index (χ3n) is 3.44. The molecule has 0 saturated carbocycles. The number of rotatable bonds is 3. The molecule has 0 fully saturated rings. The Morgan fingerprint density at radius 1 is 1.09 bits per heavy atom. The maximum absolute atomic E-state index is 11.0. The van der Waals surface area contributed by atoms with Crippen molar-refractivity contribution in [3.8, 4) is 11.3 Å². The van der Waals surface area contributed by atoms with Gasteiger partial charge in [0, 0.05) is 28.5 Å². The van der Waals surface area contributed by atoms with Crippen LogP contribution in [0, 0.1) is 0 Å². The van der Waals surface area contributed by atoms with Gasteiger partial charge in [0.05, 0.1) is 5.69 Å². The molecule has 0 saturated heterocycles. The molecule has 110 valence electrons. The average molecular weight is 356 g/mol. The fourth-order valence-electron chi connectivity index (χ4n) is 2.42. The summed E-state index contributed by atoms with van der Waals surface area (Å²) in [6.45, 7) is 1.69. The van der Waals surface area contributed by atoms with Gasteiger partial charge >= 0.3 is 5.97 Å². The van der Waals surface area contributed by atoms with Gasteiger partial charge in [0.15, 0.2) is 0 Å². The minimum Gasteiger partial charge on any atom is -0.461 e. The topological polar surface area (TPSA) is 39.2 Å². The van der Waals surface area contributed by atoms with Crippen molar-refractivity contribution in [2.45, 2.75) is 13.5 Å². The van der Waals surface area contributed by atoms with Gasteiger partial charge in [-0.25, -0.2) is 0 Å². The standard InChI is InChI=1S/C18H14BrNO2/c1-12(21)22-11-14-3-2-4-17-16(14)9-10-20-18(17)13-5-7-15(19)8-6-13/h2-10H,11H2,1H3. The lowest BCUT2D eigenvalue weighted by molar-refractivity contribution is -0.142. The van der Waals surface area contributed by atoms with Crippen LogP contribution in [0.2, 0.25) is 0 Å². The molecule has 2 aromatic carbocycles. The van der Waals surface area contributed by atoms with Crippen molar-refractivity contribution in [3.05, 3.63) is 64.8 Å². The third-order valence-corrected chi connectivity index (χ3v) is 3.97. The highest BCUT2D eigenvalue weighted by Gasteiger charge is 2.09. The molecule has 0 aliphatic rings. The van der Waals surface area contributed by atoms with E-state index in [0.29, 0.717) is 0 Å². The smallest absolute Gasteiger partial charge is 0.302 e. The lowest BCUT2D eigenvalue weighted by Crippen LogP contribution is -1.99. The number of carbonyl (C=O) groups is 1. The molecule has 0 unspecified atom stereocenters. The molecule has 22 heavy (non-hydrogen) atoms. The van der Waals surface area contributed by atoms with Gasteiger partial charge in [0.1, 0.15) is 6.61 Å². The molecule has 0 bridgehead atoms. The Bertz CT molecular complexity index is 828. The van der Waals surface area contributed by atoms with Gasteiger partial charge in [0.25, 0.3) is 0 Å². The molecule has 1 aromatic heterocycles. The van der Waals surface area contributed by atoms with Crippen molar-refractivity contribution in [1.82, 2.24) is 4.98 Å². The molecule has 0 atom stereocenters. The SMILES string of the molecule is CC(=O)OCc1cccc2c(-c3ccc(Br)cc3)nccc12. The van der Waals surface area contributed by atoms with Crippen molar-refractivity contribution in [2.24, 2.45) is 0 Å². The number of halogens is 1. The van der Waals surface area contributed by atoms with Gasteiger partial charge in [0.2, 0.25) is 0 Å². The van der Waals surface area contributed by atoms with E-state index in [2.05, 4.69) is 20.9 Å². The summed E-state index contributed by atoms with van der Waals surface area (Å²) in [5.74, 6) is -0.279. The number of fused-ring (bicyclic) bond motifs is 1. The summed E-state index contributed by atoms with van der Waals surface area (Å²) in [4.78, 5) is 15.6. The highest BCUT2D eigenvalue weighted by molar-refractivity contribution is 9.10. The number of pyridine rings is 1. The predicted octanol–water partition coefficient (Wildman–Crippen LogP) is 4.73. The van der Waals surface area contributed by atoms with E-state index in [1.807, 2.05) is 48.5 Å². The Morgan fingerprint density at radius 3 is 2.59 bits per heavy atom. The highest BCUT2D eigenvalue weighted by atomic mass is 79.9. The Hall–Kier alpha value is -2.20. The molecular formula is C18H14BrNO2. The molecule has 3 aromatic rings. The lowest BCUT2D eigenvalue weighted by Gasteiger charge is -2.10. The average Bonchev–Trinajstić information content (AvgIpc) is 2.53. The van der Waals surface area contributed by atoms with E-state index >= 15 is 0 Å². The first kappa shape index (κ1) is 14.7. The number of benzene rings is 2. The molecular weight excluding hydrogens is 342 g/mol. The second-order valence-corrected chi connectivity index (χ2v) is 5.87. The summed E-state index contributed by atoms with van der Waals surface area (Å²) >= 11 is 3.44. The van der Waals surface area contributed by atoms with Crippen LogP contribution in [0.25, 0.3) is 22.0 Å². The number of nitrogens with zero attached hydrogens (tertiary/aromatic N) is 1. The first-order valence-corrected chi connectivity index (χ1v) is 7.70. The van der Waals surface area contributed by atoms with Gasteiger partial charge in [-0.3, -0.25) is 9.78 Å². The van der Waals surface area contributed by atoms with E-state index in [0.717, 1.165) is 32.1 Å². The number of esters is 1. The van der Waals surface area contributed by atoms with E-state index in [-0.39, 0.29) is 12.6 Å². The van der Waals surface area contributed by atoms with Gasteiger partial charge < -0.3 is 4.74 Å². The van der Waals surface area contributed by atoms with E-state index in [4.69, 9.17) is 4.74 Å². The zero-order valence-electron chi connectivity index (χ0n) is 12.0. The van der Waals surface area contributed by atoms with Crippen LogP contribution in [-0.4, -0.2) is 11.0 Å². The third kappa shape index (κ3) is 3.02. The summed E-state index contributed by atoms with van der Waals surface area (Å²) < 4.78 is 6.17. The summed E-state index contributed by atoms with van der Waals surface area (Å²) in [6.07, 6.45) is 1.79. The summed E-state index contributed by atoms with van der Waals surface area (Å²) in [5, 5.41) is 2.10. The molecule has 0 N–H and O–H groups in total. The zero-order chi connectivity index (χ0) is 15.5. The molecule has 4 heteroatoms. The maximum Gasteiger partial charge on any atom is 0.302 e.